The molecule has 3 rings (SSSR count). The van der Waals surface area contributed by atoms with Crippen LogP contribution in [0.4, 0.5) is 10.1 Å². The molecule has 0 bridgehead atoms. The molecule has 0 aliphatic rings. The maximum Gasteiger partial charge on any atom is 0.148 e. The van der Waals surface area contributed by atoms with E-state index in [0.29, 0.717) is 22.6 Å². The number of halogens is 1. The maximum atomic E-state index is 13.8. The topological polar surface area (TPSA) is 67.6 Å². The van der Waals surface area contributed by atoms with Crippen molar-refractivity contribution in [2.45, 2.75) is 0 Å². The summed E-state index contributed by atoms with van der Waals surface area (Å²) in [5.41, 5.74) is 8.64. The van der Waals surface area contributed by atoms with Gasteiger partial charge in [-0.15, -0.1) is 0 Å². The van der Waals surface area contributed by atoms with Crippen LogP contribution in [0.15, 0.2) is 54.7 Å². The first kappa shape index (κ1) is 12.9. The van der Waals surface area contributed by atoms with Crippen molar-refractivity contribution in [3.63, 3.8) is 0 Å². The lowest BCUT2D eigenvalue weighted by atomic mass is 10.1. The zero-order valence-electron chi connectivity index (χ0n) is 11.0. The molecule has 0 fully saturated rings. The Hall–Kier alpha value is -3.13. The highest BCUT2D eigenvalue weighted by atomic mass is 19.1. The number of hydrogen-bond acceptors (Lipinski definition) is 3. The molecule has 21 heavy (non-hydrogen) atoms. The van der Waals surface area contributed by atoms with Crippen molar-refractivity contribution in [1.82, 2.24) is 9.78 Å². The molecule has 3 aromatic rings. The summed E-state index contributed by atoms with van der Waals surface area (Å²) in [6.07, 6.45) is 1.58. The summed E-state index contributed by atoms with van der Waals surface area (Å²) < 4.78 is 15.2. The van der Waals surface area contributed by atoms with Crippen molar-refractivity contribution >= 4 is 5.69 Å². The van der Waals surface area contributed by atoms with Crippen LogP contribution in [-0.4, -0.2) is 9.78 Å². The second-order valence-corrected chi connectivity index (χ2v) is 4.52. The van der Waals surface area contributed by atoms with Crippen LogP contribution in [0.3, 0.4) is 0 Å². The molecule has 1 heterocycles. The molecule has 1 aromatic heterocycles. The number of nitrogens with zero attached hydrogens (tertiary/aromatic N) is 3. The Labute approximate surface area is 120 Å². The van der Waals surface area contributed by atoms with Crippen LogP contribution < -0.4 is 5.73 Å². The van der Waals surface area contributed by atoms with Crippen LogP contribution >= 0.6 is 0 Å². The molecule has 0 radical (unpaired) electrons. The van der Waals surface area contributed by atoms with Gasteiger partial charge in [0, 0.05) is 5.56 Å². The highest BCUT2D eigenvalue weighted by Crippen LogP contribution is 2.26. The fourth-order valence-electron chi connectivity index (χ4n) is 2.08. The highest BCUT2D eigenvalue weighted by molar-refractivity contribution is 5.72. The molecular weight excluding hydrogens is 267 g/mol. The van der Waals surface area contributed by atoms with E-state index in [4.69, 9.17) is 11.0 Å². The smallest absolute Gasteiger partial charge is 0.148 e. The molecule has 2 N–H and O–H groups in total. The quantitative estimate of drug-likeness (QED) is 0.783. The molecule has 0 amide bonds. The summed E-state index contributed by atoms with van der Waals surface area (Å²) in [4.78, 5) is 0. The highest BCUT2D eigenvalue weighted by Gasteiger charge is 2.11. The Balaban J connectivity index is 2.06. The SMILES string of the molecule is N#Cc1ccc(-c2nn(-c3ccccc3F)cc2N)cc1. The fraction of sp³-hybridized carbons (Fsp3) is 0. The molecule has 2 aromatic carbocycles. The third kappa shape index (κ3) is 2.35. The van der Waals surface area contributed by atoms with Gasteiger partial charge >= 0.3 is 0 Å². The van der Waals surface area contributed by atoms with Crippen molar-refractivity contribution in [2.24, 2.45) is 0 Å². The Morgan fingerprint density at radius 2 is 1.81 bits per heavy atom. The molecule has 4 nitrogen and oxygen atoms in total. The van der Waals surface area contributed by atoms with Crippen LogP contribution in [0.1, 0.15) is 5.56 Å². The van der Waals surface area contributed by atoms with Crippen molar-refractivity contribution in [3.05, 3.63) is 66.1 Å². The lowest BCUT2D eigenvalue weighted by Crippen LogP contribution is -1.98. The second kappa shape index (κ2) is 5.10. The second-order valence-electron chi connectivity index (χ2n) is 4.52. The van der Waals surface area contributed by atoms with Crippen molar-refractivity contribution in [3.8, 4) is 23.0 Å². The van der Waals surface area contributed by atoms with E-state index in [1.165, 1.54) is 10.7 Å². The van der Waals surface area contributed by atoms with Crippen molar-refractivity contribution in [1.29, 1.82) is 5.26 Å². The molecule has 0 unspecified atom stereocenters. The van der Waals surface area contributed by atoms with E-state index in [1.54, 1.807) is 48.7 Å². The van der Waals surface area contributed by atoms with Gasteiger partial charge in [0.15, 0.2) is 0 Å². The molecule has 0 saturated heterocycles. The average Bonchev–Trinajstić information content (AvgIpc) is 2.89. The Morgan fingerprint density at radius 1 is 1.10 bits per heavy atom. The van der Waals surface area contributed by atoms with Gasteiger partial charge < -0.3 is 5.73 Å². The minimum absolute atomic E-state index is 0.337. The van der Waals surface area contributed by atoms with Gasteiger partial charge in [0.1, 0.15) is 17.2 Å². The van der Waals surface area contributed by atoms with E-state index < -0.39 is 0 Å². The number of nitrogens with two attached hydrogens (primary N) is 1. The third-order valence-electron chi connectivity index (χ3n) is 3.13. The van der Waals surface area contributed by atoms with Gasteiger partial charge in [-0.1, -0.05) is 24.3 Å². The zero-order chi connectivity index (χ0) is 14.8. The van der Waals surface area contributed by atoms with Crippen LogP contribution in [0.25, 0.3) is 16.9 Å². The van der Waals surface area contributed by atoms with Gasteiger partial charge in [-0.05, 0) is 24.3 Å². The number of hydrogen-bond donors (Lipinski definition) is 1. The van der Waals surface area contributed by atoms with E-state index in [9.17, 15) is 4.39 Å². The van der Waals surface area contributed by atoms with Gasteiger partial charge in [-0.2, -0.15) is 10.4 Å². The van der Waals surface area contributed by atoms with Crippen LogP contribution in [0.2, 0.25) is 0 Å². The molecular formula is C16H11FN4. The minimum atomic E-state index is -0.369. The number of anilines is 1. The lowest BCUT2D eigenvalue weighted by molar-refractivity contribution is 0.611. The first-order valence-corrected chi connectivity index (χ1v) is 6.29. The van der Waals surface area contributed by atoms with Crippen molar-refractivity contribution in [2.75, 3.05) is 5.73 Å². The van der Waals surface area contributed by atoms with Gasteiger partial charge in [-0.25, -0.2) is 9.07 Å². The Kier molecular flexibility index (Phi) is 3.13. The first-order valence-electron chi connectivity index (χ1n) is 6.29. The van der Waals surface area contributed by atoms with Crippen LogP contribution in [-0.2, 0) is 0 Å². The number of nitrogen functional groups attached to an aromatic ring is 1. The molecule has 0 aliphatic heterocycles. The summed E-state index contributed by atoms with van der Waals surface area (Å²) in [7, 11) is 0. The monoisotopic (exact) mass is 278 g/mol. The summed E-state index contributed by atoms with van der Waals surface area (Å²) in [5.74, 6) is -0.369. The minimum Gasteiger partial charge on any atom is -0.396 e. The largest absolute Gasteiger partial charge is 0.396 e. The van der Waals surface area contributed by atoms with Gasteiger partial charge in [0.25, 0.3) is 0 Å². The Morgan fingerprint density at radius 3 is 2.48 bits per heavy atom. The normalized spacial score (nSPS) is 10.3. The van der Waals surface area contributed by atoms with Crippen molar-refractivity contribution < 1.29 is 4.39 Å². The van der Waals surface area contributed by atoms with Gasteiger partial charge in [-0.3, -0.25) is 0 Å². The van der Waals surface area contributed by atoms with E-state index in [0.717, 1.165) is 5.56 Å². The number of nitriles is 1. The maximum absolute atomic E-state index is 13.8. The standard InChI is InChI=1S/C16H11FN4/c17-13-3-1-2-4-15(13)21-10-14(19)16(20-21)12-7-5-11(9-18)6-8-12/h1-8,10H,19H2. The Bertz CT molecular complexity index is 828. The van der Waals surface area contributed by atoms with E-state index in [2.05, 4.69) is 11.2 Å². The molecule has 0 spiro atoms. The molecule has 5 heteroatoms. The van der Waals surface area contributed by atoms with Crippen LogP contribution in [0.5, 0.6) is 0 Å². The number of para-hydroxylation sites is 1. The predicted octanol–water partition coefficient (Wildman–Crippen LogP) is 3.13. The summed E-state index contributed by atoms with van der Waals surface area (Å²) in [6.45, 7) is 0. The summed E-state index contributed by atoms with van der Waals surface area (Å²) in [5, 5.41) is 13.1. The number of rotatable bonds is 2. The first-order chi connectivity index (χ1) is 10.2. The average molecular weight is 278 g/mol. The molecule has 102 valence electrons. The predicted molar refractivity (Wildman–Crippen MR) is 78.1 cm³/mol. The van der Waals surface area contributed by atoms with E-state index in [-0.39, 0.29) is 5.82 Å². The summed E-state index contributed by atoms with van der Waals surface area (Å²) in [6, 6.07) is 15.3. The van der Waals surface area contributed by atoms with Crippen LogP contribution in [0, 0.1) is 17.1 Å². The fourth-order valence-corrected chi connectivity index (χ4v) is 2.08. The zero-order valence-corrected chi connectivity index (χ0v) is 11.0. The molecule has 0 atom stereocenters. The molecule has 0 aliphatic carbocycles. The molecule has 0 saturated carbocycles. The summed E-state index contributed by atoms with van der Waals surface area (Å²) >= 11 is 0. The lowest BCUT2D eigenvalue weighted by Gasteiger charge is -2.02. The number of aromatic nitrogens is 2. The van der Waals surface area contributed by atoms with Gasteiger partial charge in [0.05, 0.1) is 23.5 Å². The van der Waals surface area contributed by atoms with E-state index >= 15 is 0 Å². The number of benzene rings is 2. The van der Waals surface area contributed by atoms with Gasteiger partial charge in [0.2, 0.25) is 0 Å². The third-order valence-corrected chi connectivity index (χ3v) is 3.13. The van der Waals surface area contributed by atoms with E-state index in [1.807, 2.05) is 0 Å².